The number of anilines is 1. The first-order valence-electron chi connectivity index (χ1n) is 6.81. The van der Waals surface area contributed by atoms with Crippen molar-refractivity contribution in [1.82, 2.24) is 19.6 Å². The second-order valence-electron chi connectivity index (χ2n) is 4.87. The molecule has 0 fully saturated rings. The van der Waals surface area contributed by atoms with Crippen LogP contribution in [0.1, 0.15) is 0 Å². The number of benzene rings is 1. The summed E-state index contributed by atoms with van der Waals surface area (Å²) in [6.07, 6.45) is 1.78. The molecule has 0 saturated heterocycles. The van der Waals surface area contributed by atoms with Gasteiger partial charge in [-0.1, -0.05) is 24.3 Å². The molecule has 0 aliphatic heterocycles. The van der Waals surface area contributed by atoms with Crippen LogP contribution in [0.3, 0.4) is 0 Å². The Balaban J connectivity index is 2.09. The highest BCUT2D eigenvalue weighted by Gasteiger charge is 2.14. The Morgan fingerprint density at radius 1 is 1.09 bits per heavy atom. The van der Waals surface area contributed by atoms with Gasteiger partial charge >= 0.3 is 0 Å². The molecule has 0 saturated carbocycles. The van der Waals surface area contributed by atoms with Crippen LogP contribution in [0.5, 0.6) is 5.75 Å². The van der Waals surface area contributed by atoms with Crippen molar-refractivity contribution in [2.24, 2.45) is 0 Å². The highest BCUT2D eigenvalue weighted by molar-refractivity contribution is 5.93. The summed E-state index contributed by atoms with van der Waals surface area (Å²) in [4.78, 5) is 8.72. The summed E-state index contributed by atoms with van der Waals surface area (Å²) in [5.41, 5.74) is 9.09. The van der Waals surface area contributed by atoms with Gasteiger partial charge in [0.05, 0.1) is 18.3 Å². The number of rotatable bonds is 2. The summed E-state index contributed by atoms with van der Waals surface area (Å²) in [7, 11) is 1.60. The van der Waals surface area contributed by atoms with Crippen molar-refractivity contribution < 1.29 is 4.74 Å². The maximum absolute atomic E-state index is 5.76. The van der Waals surface area contributed by atoms with Crippen molar-refractivity contribution in [3.63, 3.8) is 0 Å². The largest absolute Gasteiger partial charge is 0.493 e. The Bertz CT molecular complexity index is 987. The lowest BCUT2D eigenvalue weighted by Gasteiger charge is -2.09. The van der Waals surface area contributed by atoms with Crippen LogP contribution in [0, 0.1) is 0 Å². The minimum absolute atomic E-state index is 0.207. The average Bonchev–Trinajstić information content (AvgIpc) is 2.95. The highest BCUT2D eigenvalue weighted by Crippen LogP contribution is 2.30. The molecule has 0 aliphatic rings. The smallest absolute Gasteiger partial charge is 0.240 e. The molecule has 2 N–H and O–H groups in total. The third-order valence-corrected chi connectivity index (χ3v) is 3.59. The maximum atomic E-state index is 5.76. The number of ether oxygens (including phenoxy) is 1. The number of methoxy groups -OCH3 is 1. The van der Waals surface area contributed by atoms with Crippen LogP contribution in [0.15, 0.2) is 48.7 Å². The number of aromatic nitrogens is 4. The first-order valence-corrected chi connectivity index (χ1v) is 6.81. The van der Waals surface area contributed by atoms with Crippen LogP contribution in [0.4, 0.5) is 5.95 Å². The zero-order valence-corrected chi connectivity index (χ0v) is 11.9. The van der Waals surface area contributed by atoms with Gasteiger partial charge in [-0.25, -0.2) is 4.52 Å². The molecule has 22 heavy (non-hydrogen) atoms. The first-order chi connectivity index (χ1) is 10.8. The molecule has 0 radical (unpaired) electrons. The number of fused-ring (bicyclic) bond motifs is 2. The molecule has 3 aromatic heterocycles. The van der Waals surface area contributed by atoms with E-state index in [1.54, 1.807) is 17.8 Å². The van der Waals surface area contributed by atoms with Crippen molar-refractivity contribution in [2.45, 2.75) is 0 Å². The predicted octanol–water partition coefficient (Wildman–Crippen LogP) is 2.54. The molecule has 0 unspecified atom stereocenters. The van der Waals surface area contributed by atoms with E-state index in [2.05, 4.69) is 15.1 Å². The summed E-state index contributed by atoms with van der Waals surface area (Å²) in [5.74, 6) is 0.833. The molecule has 6 heteroatoms. The standard InChI is InChI=1S/C16H13N5O/c1-22-13-8-7-12(21-15(13)19-16(17)20-21)11-6-2-4-10-5-3-9-18-14(10)11/h2-9H,1H3,(H2,17,20). The number of hydrogen-bond donors (Lipinski definition) is 1. The van der Waals surface area contributed by atoms with Gasteiger partial charge in [-0.15, -0.1) is 5.10 Å². The monoisotopic (exact) mass is 291 g/mol. The van der Waals surface area contributed by atoms with Crippen LogP contribution < -0.4 is 10.5 Å². The van der Waals surface area contributed by atoms with E-state index in [0.717, 1.165) is 22.2 Å². The van der Waals surface area contributed by atoms with Crippen molar-refractivity contribution >= 4 is 22.5 Å². The summed E-state index contributed by atoms with van der Waals surface area (Å²) in [5, 5.41) is 5.35. The normalized spacial score (nSPS) is 11.1. The highest BCUT2D eigenvalue weighted by atomic mass is 16.5. The van der Waals surface area contributed by atoms with Crippen LogP contribution in [0.25, 0.3) is 27.8 Å². The van der Waals surface area contributed by atoms with Gasteiger partial charge < -0.3 is 10.5 Å². The molecular weight excluding hydrogens is 278 g/mol. The third-order valence-electron chi connectivity index (χ3n) is 3.59. The van der Waals surface area contributed by atoms with Gasteiger partial charge in [-0.05, 0) is 18.2 Å². The van der Waals surface area contributed by atoms with Gasteiger partial charge in [0, 0.05) is 17.1 Å². The summed E-state index contributed by atoms with van der Waals surface area (Å²) >= 11 is 0. The molecule has 0 atom stereocenters. The van der Waals surface area contributed by atoms with E-state index in [-0.39, 0.29) is 5.95 Å². The van der Waals surface area contributed by atoms with E-state index in [9.17, 15) is 0 Å². The topological polar surface area (TPSA) is 78.3 Å². The molecule has 1 aromatic carbocycles. The Morgan fingerprint density at radius 3 is 2.82 bits per heavy atom. The molecule has 0 bridgehead atoms. The molecule has 3 heterocycles. The predicted molar refractivity (Wildman–Crippen MR) is 84.7 cm³/mol. The van der Waals surface area contributed by atoms with E-state index in [4.69, 9.17) is 10.5 Å². The van der Waals surface area contributed by atoms with Crippen molar-refractivity contribution in [2.75, 3.05) is 12.8 Å². The number of pyridine rings is 2. The van der Waals surface area contributed by atoms with E-state index in [1.807, 2.05) is 42.5 Å². The third kappa shape index (κ3) is 1.77. The lowest BCUT2D eigenvalue weighted by molar-refractivity contribution is 0.416. The maximum Gasteiger partial charge on any atom is 0.240 e. The Morgan fingerprint density at radius 2 is 1.95 bits per heavy atom. The Kier molecular flexibility index (Phi) is 2.69. The van der Waals surface area contributed by atoms with E-state index in [1.165, 1.54) is 0 Å². The Labute approximate surface area is 126 Å². The minimum Gasteiger partial charge on any atom is -0.493 e. The van der Waals surface area contributed by atoms with E-state index < -0.39 is 0 Å². The van der Waals surface area contributed by atoms with Crippen LogP contribution >= 0.6 is 0 Å². The van der Waals surface area contributed by atoms with Crippen LogP contribution in [-0.4, -0.2) is 26.7 Å². The molecule has 6 nitrogen and oxygen atoms in total. The van der Waals surface area contributed by atoms with Crippen molar-refractivity contribution in [3.8, 4) is 17.0 Å². The second kappa shape index (κ2) is 4.70. The Hall–Kier alpha value is -3.15. The number of nitrogen functional groups attached to an aromatic ring is 1. The fourth-order valence-electron chi connectivity index (χ4n) is 2.63. The molecule has 0 spiro atoms. The van der Waals surface area contributed by atoms with Crippen molar-refractivity contribution in [1.29, 1.82) is 0 Å². The molecule has 4 rings (SSSR count). The lowest BCUT2D eigenvalue weighted by Crippen LogP contribution is -1.98. The zero-order chi connectivity index (χ0) is 15.1. The molecule has 0 amide bonds. The van der Waals surface area contributed by atoms with Gasteiger partial charge in [0.1, 0.15) is 0 Å². The van der Waals surface area contributed by atoms with Crippen LogP contribution in [-0.2, 0) is 0 Å². The zero-order valence-electron chi connectivity index (χ0n) is 11.9. The molecular formula is C16H13N5O. The van der Waals surface area contributed by atoms with Gasteiger partial charge in [-0.2, -0.15) is 4.98 Å². The molecule has 4 aromatic rings. The summed E-state index contributed by atoms with van der Waals surface area (Å²) in [6, 6.07) is 13.8. The fraction of sp³-hybridized carbons (Fsp3) is 0.0625. The SMILES string of the molecule is COc1ccc(-c2cccc3cccnc23)n2nc(N)nc12. The first kappa shape index (κ1) is 12.6. The van der Waals surface area contributed by atoms with Gasteiger partial charge in [0.2, 0.25) is 5.95 Å². The van der Waals surface area contributed by atoms with Crippen LogP contribution in [0.2, 0.25) is 0 Å². The number of hydrogen-bond acceptors (Lipinski definition) is 5. The number of para-hydroxylation sites is 1. The molecule has 108 valence electrons. The van der Waals surface area contributed by atoms with Gasteiger partial charge in [0.15, 0.2) is 11.4 Å². The van der Waals surface area contributed by atoms with E-state index in [0.29, 0.717) is 11.4 Å². The number of nitrogens with two attached hydrogens (primary N) is 1. The summed E-state index contributed by atoms with van der Waals surface area (Å²) in [6.45, 7) is 0. The van der Waals surface area contributed by atoms with Gasteiger partial charge in [-0.3, -0.25) is 4.98 Å². The molecule has 0 aliphatic carbocycles. The quantitative estimate of drug-likeness (QED) is 0.614. The minimum atomic E-state index is 0.207. The van der Waals surface area contributed by atoms with Gasteiger partial charge in [0.25, 0.3) is 0 Å². The second-order valence-corrected chi connectivity index (χ2v) is 4.87. The number of nitrogens with zero attached hydrogens (tertiary/aromatic N) is 4. The van der Waals surface area contributed by atoms with E-state index >= 15 is 0 Å². The fourth-order valence-corrected chi connectivity index (χ4v) is 2.63. The average molecular weight is 291 g/mol. The van der Waals surface area contributed by atoms with Crippen molar-refractivity contribution in [3.05, 3.63) is 48.7 Å². The summed E-state index contributed by atoms with van der Waals surface area (Å²) < 4.78 is 7.02. The lowest BCUT2D eigenvalue weighted by atomic mass is 10.1.